The van der Waals surface area contributed by atoms with Gasteiger partial charge in [0.15, 0.2) is 10.8 Å². The molecule has 0 bridgehead atoms. The fraction of sp³-hybridized carbons (Fsp3) is 0.286. The highest BCUT2D eigenvalue weighted by molar-refractivity contribution is 7.14. The molecule has 2 aromatic rings. The first-order valence-electron chi connectivity index (χ1n) is 6.21. The average Bonchev–Trinajstić information content (AvgIpc) is 2.91. The number of carbonyl (C=O) groups excluding carboxylic acids is 1. The second-order valence-electron chi connectivity index (χ2n) is 3.82. The van der Waals surface area contributed by atoms with Crippen molar-refractivity contribution in [1.29, 1.82) is 0 Å². The minimum Gasteiger partial charge on any atom is -0.461 e. The van der Waals surface area contributed by atoms with Crippen LogP contribution < -0.4 is 4.90 Å². The Morgan fingerprint density at radius 3 is 2.68 bits per heavy atom. The van der Waals surface area contributed by atoms with Crippen LogP contribution in [-0.2, 0) is 4.74 Å². The molecule has 4 nitrogen and oxygen atoms in total. The molecule has 2 rings (SSSR count). The molecular formula is C14H16N2O2S. The summed E-state index contributed by atoms with van der Waals surface area (Å²) in [4.78, 5) is 18.0. The van der Waals surface area contributed by atoms with E-state index >= 15 is 0 Å². The number of nitrogens with zero attached hydrogens (tertiary/aromatic N) is 2. The van der Waals surface area contributed by atoms with Crippen LogP contribution in [0.3, 0.4) is 0 Å². The Hall–Kier alpha value is -1.88. The van der Waals surface area contributed by atoms with E-state index in [1.54, 1.807) is 12.3 Å². The average molecular weight is 276 g/mol. The highest BCUT2D eigenvalue weighted by atomic mass is 32.1. The van der Waals surface area contributed by atoms with Crippen molar-refractivity contribution in [1.82, 2.24) is 4.98 Å². The van der Waals surface area contributed by atoms with E-state index in [1.807, 2.05) is 30.3 Å². The van der Waals surface area contributed by atoms with Crippen molar-refractivity contribution in [2.75, 3.05) is 18.1 Å². The molecule has 0 unspecified atom stereocenters. The molecule has 0 radical (unpaired) electrons. The van der Waals surface area contributed by atoms with Crippen LogP contribution in [0.2, 0.25) is 0 Å². The van der Waals surface area contributed by atoms with Crippen molar-refractivity contribution in [3.05, 3.63) is 41.4 Å². The summed E-state index contributed by atoms with van der Waals surface area (Å²) in [6.07, 6.45) is 0. The molecule has 0 aliphatic heterocycles. The number of para-hydroxylation sites is 1. The van der Waals surface area contributed by atoms with E-state index in [2.05, 4.69) is 16.8 Å². The molecule has 0 amide bonds. The van der Waals surface area contributed by atoms with Crippen molar-refractivity contribution >= 4 is 28.1 Å². The Kier molecular flexibility index (Phi) is 4.52. The Bertz CT molecular complexity index is 539. The summed E-state index contributed by atoms with van der Waals surface area (Å²) in [6, 6.07) is 9.99. The number of thiazole rings is 1. The Balaban J connectivity index is 2.23. The number of esters is 1. The van der Waals surface area contributed by atoms with Crippen LogP contribution in [0, 0.1) is 0 Å². The maximum absolute atomic E-state index is 11.6. The monoisotopic (exact) mass is 276 g/mol. The standard InChI is InChI=1S/C14H16N2O2S/c1-3-16(11-8-6-5-7-9-11)14-15-12(10-19-14)13(17)18-4-2/h5-10H,3-4H2,1-2H3. The summed E-state index contributed by atoms with van der Waals surface area (Å²) in [6.45, 7) is 4.99. The van der Waals surface area contributed by atoms with Crippen LogP contribution in [0.1, 0.15) is 24.3 Å². The summed E-state index contributed by atoms with van der Waals surface area (Å²) in [5.74, 6) is -0.367. The molecule has 0 saturated heterocycles. The third-order valence-electron chi connectivity index (χ3n) is 2.59. The largest absolute Gasteiger partial charge is 0.461 e. The summed E-state index contributed by atoms with van der Waals surface area (Å²) >= 11 is 1.45. The smallest absolute Gasteiger partial charge is 0.357 e. The normalized spacial score (nSPS) is 10.2. The van der Waals surface area contributed by atoms with Gasteiger partial charge in [0, 0.05) is 17.6 Å². The molecule has 0 atom stereocenters. The Morgan fingerprint density at radius 1 is 1.32 bits per heavy atom. The van der Waals surface area contributed by atoms with Crippen molar-refractivity contribution < 1.29 is 9.53 Å². The minimum atomic E-state index is -0.367. The third kappa shape index (κ3) is 3.12. The van der Waals surface area contributed by atoms with Gasteiger partial charge in [-0.1, -0.05) is 18.2 Å². The molecule has 5 heteroatoms. The Morgan fingerprint density at radius 2 is 2.05 bits per heavy atom. The lowest BCUT2D eigenvalue weighted by atomic mass is 10.3. The first-order valence-corrected chi connectivity index (χ1v) is 7.09. The number of hydrogen-bond donors (Lipinski definition) is 0. The zero-order valence-corrected chi connectivity index (χ0v) is 11.8. The van der Waals surface area contributed by atoms with E-state index in [4.69, 9.17) is 4.74 Å². The van der Waals surface area contributed by atoms with Gasteiger partial charge in [0.25, 0.3) is 0 Å². The lowest BCUT2D eigenvalue weighted by Crippen LogP contribution is -2.16. The van der Waals surface area contributed by atoms with Crippen LogP contribution in [0.25, 0.3) is 0 Å². The predicted molar refractivity (Wildman–Crippen MR) is 77.2 cm³/mol. The van der Waals surface area contributed by atoms with Gasteiger partial charge in [-0.25, -0.2) is 9.78 Å². The van der Waals surface area contributed by atoms with Crippen LogP contribution in [0.15, 0.2) is 35.7 Å². The highest BCUT2D eigenvalue weighted by Crippen LogP contribution is 2.28. The van der Waals surface area contributed by atoms with Gasteiger partial charge in [0.05, 0.1) is 6.61 Å². The molecule has 0 aliphatic rings. The fourth-order valence-electron chi connectivity index (χ4n) is 1.72. The van der Waals surface area contributed by atoms with Crippen LogP contribution in [0.4, 0.5) is 10.8 Å². The number of rotatable bonds is 5. The first kappa shape index (κ1) is 13.5. The topological polar surface area (TPSA) is 42.4 Å². The molecule has 1 heterocycles. The summed E-state index contributed by atoms with van der Waals surface area (Å²) in [5, 5.41) is 2.54. The van der Waals surface area contributed by atoms with Gasteiger partial charge in [-0.15, -0.1) is 11.3 Å². The second-order valence-corrected chi connectivity index (χ2v) is 4.65. The van der Waals surface area contributed by atoms with E-state index < -0.39 is 0 Å². The molecule has 0 saturated carbocycles. The number of carbonyl (C=O) groups is 1. The third-order valence-corrected chi connectivity index (χ3v) is 3.46. The van der Waals surface area contributed by atoms with Crippen molar-refractivity contribution in [3.8, 4) is 0 Å². The minimum absolute atomic E-state index is 0.363. The number of benzene rings is 1. The van der Waals surface area contributed by atoms with Gasteiger partial charge in [-0.2, -0.15) is 0 Å². The molecule has 100 valence electrons. The second kappa shape index (κ2) is 6.33. The van der Waals surface area contributed by atoms with Crippen molar-refractivity contribution in [2.45, 2.75) is 13.8 Å². The quantitative estimate of drug-likeness (QED) is 0.784. The first-order chi connectivity index (χ1) is 9.26. The van der Waals surface area contributed by atoms with Gasteiger partial charge in [0.2, 0.25) is 0 Å². The van der Waals surface area contributed by atoms with Gasteiger partial charge >= 0.3 is 5.97 Å². The molecule has 0 spiro atoms. The van der Waals surface area contributed by atoms with Crippen LogP contribution in [-0.4, -0.2) is 24.1 Å². The lowest BCUT2D eigenvalue weighted by Gasteiger charge is -2.19. The number of aromatic nitrogens is 1. The fourth-order valence-corrected chi connectivity index (χ4v) is 2.60. The number of anilines is 2. The van der Waals surface area contributed by atoms with Crippen LogP contribution >= 0.6 is 11.3 Å². The van der Waals surface area contributed by atoms with Crippen molar-refractivity contribution in [2.24, 2.45) is 0 Å². The molecule has 1 aromatic heterocycles. The van der Waals surface area contributed by atoms with E-state index in [9.17, 15) is 4.79 Å². The van der Waals surface area contributed by atoms with Gasteiger partial charge in [0.1, 0.15) is 0 Å². The van der Waals surface area contributed by atoms with Gasteiger partial charge in [-0.05, 0) is 26.0 Å². The zero-order valence-electron chi connectivity index (χ0n) is 11.0. The SMILES string of the molecule is CCOC(=O)c1csc(N(CC)c2ccccc2)n1. The number of hydrogen-bond acceptors (Lipinski definition) is 5. The molecular weight excluding hydrogens is 260 g/mol. The van der Waals surface area contributed by atoms with E-state index in [-0.39, 0.29) is 5.97 Å². The molecule has 0 aliphatic carbocycles. The van der Waals surface area contributed by atoms with Crippen molar-refractivity contribution in [3.63, 3.8) is 0 Å². The van der Waals surface area contributed by atoms with Gasteiger partial charge in [-0.3, -0.25) is 0 Å². The summed E-state index contributed by atoms with van der Waals surface area (Å²) < 4.78 is 4.95. The van der Waals surface area contributed by atoms with Crippen LogP contribution in [0.5, 0.6) is 0 Å². The molecule has 1 aromatic carbocycles. The van der Waals surface area contributed by atoms with E-state index in [0.717, 1.165) is 17.4 Å². The maximum atomic E-state index is 11.6. The lowest BCUT2D eigenvalue weighted by molar-refractivity contribution is 0.0520. The van der Waals surface area contributed by atoms with E-state index in [0.29, 0.717) is 12.3 Å². The Labute approximate surface area is 116 Å². The maximum Gasteiger partial charge on any atom is 0.357 e. The summed E-state index contributed by atoms with van der Waals surface area (Å²) in [7, 11) is 0. The van der Waals surface area contributed by atoms with Gasteiger partial charge < -0.3 is 9.64 Å². The van der Waals surface area contributed by atoms with E-state index in [1.165, 1.54) is 11.3 Å². The highest BCUT2D eigenvalue weighted by Gasteiger charge is 2.15. The summed E-state index contributed by atoms with van der Waals surface area (Å²) in [5.41, 5.74) is 1.44. The molecule has 19 heavy (non-hydrogen) atoms. The molecule has 0 N–H and O–H groups in total. The molecule has 0 fully saturated rings. The number of ether oxygens (including phenoxy) is 1. The predicted octanol–water partition coefficient (Wildman–Crippen LogP) is 3.48. The zero-order chi connectivity index (χ0) is 13.7.